The van der Waals surface area contributed by atoms with Crippen LogP contribution in [0.2, 0.25) is 0 Å². The van der Waals surface area contributed by atoms with Gasteiger partial charge in [0.25, 0.3) is 0 Å². The minimum absolute atomic E-state index is 0.00592. The normalized spacial score (nSPS) is 14.5. The Hall–Kier alpha value is -6.90. The molecule has 11 aromatic rings. The molecule has 1 spiro atoms. The summed E-state index contributed by atoms with van der Waals surface area (Å²) in [4.78, 5) is 0. The summed E-state index contributed by atoms with van der Waals surface area (Å²) >= 11 is 0. The van der Waals surface area contributed by atoms with E-state index in [1.165, 1.54) is 91.7 Å². The van der Waals surface area contributed by atoms with Crippen molar-refractivity contribution in [3.05, 3.63) is 181 Å². The lowest BCUT2D eigenvalue weighted by atomic mass is 9.73. The number of fused-ring (bicyclic) bond motifs is 13. The van der Waals surface area contributed by atoms with Crippen molar-refractivity contribution in [1.29, 1.82) is 0 Å². The van der Waals surface area contributed by atoms with E-state index in [1.54, 1.807) is 0 Å². The molecule has 0 radical (unpaired) electrons. The van der Waals surface area contributed by atoms with E-state index in [1.807, 2.05) is 0 Å². The summed E-state index contributed by atoms with van der Waals surface area (Å²) in [5.41, 5.74) is 16.7. The molecule has 2 nitrogen and oxygen atoms in total. The summed E-state index contributed by atoms with van der Waals surface area (Å²) in [5, 5.41) is 9.50. The Kier molecular flexibility index (Phi) is 6.36. The van der Waals surface area contributed by atoms with Crippen LogP contribution in [0.3, 0.4) is 0 Å². The number of hydrogen-bond donors (Lipinski definition) is 0. The second-order valence-electron chi connectivity index (χ2n) is 16.2. The second kappa shape index (κ2) is 11.6. The van der Waals surface area contributed by atoms with Crippen molar-refractivity contribution in [1.82, 2.24) is 0 Å². The lowest BCUT2D eigenvalue weighted by Gasteiger charge is -2.30. The minimum Gasteiger partial charge on any atom is -0.455 e. The Balaban J connectivity index is 1.18. The molecule has 0 amide bonds. The van der Waals surface area contributed by atoms with Crippen molar-refractivity contribution in [2.75, 3.05) is 0 Å². The van der Waals surface area contributed by atoms with Gasteiger partial charge in [0, 0.05) is 38.1 Å². The number of benzene rings is 9. The lowest BCUT2D eigenvalue weighted by molar-refractivity contribution is 0.551. The van der Waals surface area contributed by atoms with Crippen LogP contribution in [0.1, 0.15) is 36.8 Å². The monoisotopic (exact) mass is 728 g/mol. The molecule has 2 aliphatic carbocycles. The van der Waals surface area contributed by atoms with E-state index < -0.39 is 0 Å². The van der Waals surface area contributed by atoms with Crippen LogP contribution >= 0.6 is 0 Å². The molecule has 1 fully saturated rings. The first kappa shape index (κ1) is 31.3. The maximum atomic E-state index is 6.71. The Morgan fingerprint density at radius 3 is 1.39 bits per heavy atom. The van der Waals surface area contributed by atoms with Gasteiger partial charge in [-0.3, -0.25) is 0 Å². The highest BCUT2D eigenvalue weighted by molar-refractivity contribution is 6.22. The highest BCUT2D eigenvalue weighted by Gasteiger charge is 2.46. The number of hydrogen-bond acceptors (Lipinski definition) is 2. The van der Waals surface area contributed by atoms with Gasteiger partial charge in [0.15, 0.2) is 0 Å². The Bertz CT molecular complexity index is 3310. The molecular formula is C55H36O2. The van der Waals surface area contributed by atoms with Crippen LogP contribution in [0.5, 0.6) is 0 Å². The predicted octanol–water partition coefficient (Wildman–Crippen LogP) is 15.6. The van der Waals surface area contributed by atoms with E-state index in [4.69, 9.17) is 8.83 Å². The molecule has 0 aliphatic heterocycles. The topological polar surface area (TPSA) is 26.3 Å². The average Bonchev–Trinajstić information content (AvgIpc) is 4.06. The number of furan rings is 2. The van der Waals surface area contributed by atoms with Crippen LogP contribution in [0.4, 0.5) is 0 Å². The van der Waals surface area contributed by atoms with Crippen LogP contribution in [0, 0.1) is 0 Å². The summed E-state index contributed by atoms with van der Waals surface area (Å²) in [5.74, 6) is 0. The average molecular weight is 729 g/mol. The van der Waals surface area contributed by atoms with Crippen LogP contribution in [-0.4, -0.2) is 0 Å². The molecule has 2 aliphatic rings. The minimum atomic E-state index is 0.00592. The molecule has 2 heterocycles. The zero-order valence-corrected chi connectivity index (χ0v) is 31.3. The maximum Gasteiger partial charge on any atom is 0.143 e. The maximum absolute atomic E-state index is 6.71. The molecule has 57 heavy (non-hydrogen) atoms. The van der Waals surface area contributed by atoms with Gasteiger partial charge in [-0.1, -0.05) is 165 Å². The zero-order chi connectivity index (χ0) is 37.2. The molecule has 268 valence electrons. The zero-order valence-electron chi connectivity index (χ0n) is 31.3. The fourth-order valence-corrected chi connectivity index (χ4v) is 11.1. The van der Waals surface area contributed by atoms with Gasteiger partial charge in [0.2, 0.25) is 0 Å². The van der Waals surface area contributed by atoms with E-state index in [9.17, 15) is 0 Å². The van der Waals surface area contributed by atoms with Gasteiger partial charge in [-0.05, 0) is 97.1 Å². The Morgan fingerprint density at radius 2 is 0.772 bits per heavy atom. The third-order valence-corrected chi connectivity index (χ3v) is 13.4. The fraction of sp³-hybridized carbons (Fsp3) is 0.0909. The highest BCUT2D eigenvalue weighted by atomic mass is 16.3. The first-order valence-electron chi connectivity index (χ1n) is 20.3. The largest absolute Gasteiger partial charge is 0.455 e. The third-order valence-electron chi connectivity index (χ3n) is 13.4. The van der Waals surface area contributed by atoms with Crippen molar-refractivity contribution in [3.63, 3.8) is 0 Å². The molecule has 13 rings (SSSR count). The van der Waals surface area contributed by atoms with Crippen LogP contribution in [0.15, 0.2) is 179 Å². The SMILES string of the molecule is c1ccc2c(c1)-c1cccc(-c3c4cccc(-c5cccc6c5oc5ccccc56)c4cc4c(-c5cccc6c5oc5ccccc56)cccc34)c1C21CCCC1. The summed E-state index contributed by atoms with van der Waals surface area (Å²) < 4.78 is 13.4. The Morgan fingerprint density at radius 1 is 0.333 bits per heavy atom. The third kappa shape index (κ3) is 4.20. The molecule has 0 atom stereocenters. The van der Waals surface area contributed by atoms with Gasteiger partial charge in [0.05, 0.1) is 0 Å². The van der Waals surface area contributed by atoms with E-state index in [-0.39, 0.29) is 5.41 Å². The number of rotatable bonds is 3. The molecule has 0 bridgehead atoms. The molecule has 2 aromatic heterocycles. The van der Waals surface area contributed by atoms with Gasteiger partial charge in [-0.2, -0.15) is 0 Å². The molecule has 1 saturated carbocycles. The van der Waals surface area contributed by atoms with Crippen molar-refractivity contribution >= 4 is 65.4 Å². The molecule has 9 aromatic carbocycles. The lowest BCUT2D eigenvalue weighted by Crippen LogP contribution is -2.21. The van der Waals surface area contributed by atoms with Crippen molar-refractivity contribution in [2.24, 2.45) is 0 Å². The first-order valence-corrected chi connectivity index (χ1v) is 20.3. The van der Waals surface area contributed by atoms with Crippen LogP contribution in [-0.2, 0) is 5.41 Å². The summed E-state index contributed by atoms with van der Waals surface area (Å²) in [6, 6.07) is 62.5. The molecule has 2 heteroatoms. The first-order chi connectivity index (χ1) is 28.3. The molecule has 0 N–H and O–H groups in total. The van der Waals surface area contributed by atoms with Crippen LogP contribution < -0.4 is 0 Å². The summed E-state index contributed by atoms with van der Waals surface area (Å²) in [6.07, 6.45) is 4.84. The van der Waals surface area contributed by atoms with Crippen LogP contribution in [0.25, 0.3) is 110 Å². The quantitative estimate of drug-likeness (QED) is 0.169. The molecule has 0 saturated heterocycles. The Labute approximate surface area is 329 Å². The van der Waals surface area contributed by atoms with Gasteiger partial charge in [-0.25, -0.2) is 0 Å². The van der Waals surface area contributed by atoms with Gasteiger partial charge < -0.3 is 8.83 Å². The predicted molar refractivity (Wildman–Crippen MR) is 237 cm³/mol. The van der Waals surface area contributed by atoms with E-state index in [2.05, 4.69) is 170 Å². The standard InChI is InChI=1S/C55H36O2/c1-4-27-48-35(14-1)40-21-11-26-45(52(40)55(48)30-7-8-31-55)51-38-19-9-17-33(41-22-12-24-43-36-15-2-5-28-49(36)56-53(41)43)46(38)32-47-34(18-10-20-39(47)51)42-23-13-25-44-37-16-3-6-29-50(37)57-54(42)44/h1-6,9-29,32H,7-8,30-31H2. The van der Waals surface area contributed by atoms with Gasteiger partial charge in [0.1, 0.15) is 22.3 Å². The number of para-hydroxylation sites is 4. The van der Waals surface area contributed by atoms with E-state index >= 15 is 0 Å². The van der Waals surface area contributed by atoms with E-state index in [0.29, 0.717) is 0 Å². The van der Waals surface area contributed by atoms with Gasteiger partial charge >= 0.3 is 0 Å². The fourth-order valence-electron chi connectivity index (χ4n) is 11.1. The van der Waals surface area contributed by atoms with Crippen molar-refractivity contribution < 1.29 is 8.83 Å². The summed E-state index contributed by atoms with van der Waals surface area (Å²) in [7, 11) is 0. The van der Waals surface area contributed by atoms with E-state index in [0.717, 1.165) is 55.0 Å². The highest BCUT2D eigenvalue weighted by Crippen LogP contribution is 2.60. The van der Waals surface area contributed by atoms with Gasteiger partial charge in [-0.15, -0.1) is 0 Å². The summed E-state index contributed by atoms with van der Waals surface area (Å²) in [6.45, 7) is 0. The van der Waals surface area contributed by atoms with Crippen molar-refractivity contribution in [3.8, 4) is 44.5 Å². The second-order valence-corrected chi connectivity index (χ2v) is 16.2. The molecular weight excluding hydrogens is 693 g/mol. The van der Waals surface area contributed by atoms with Crippen molar-refractivity contribution in [2.45, 2.75) is 31.1 Å². The molecule has 0 unspecified atom stereocenters. The smallest absolute Gasteiger partial charge is 0.143 e.